The lowest BCUT2D eigenvalue weighted by Crippen LogP contribution is -2.45. The van der Waals surface area contributed by atoms with E-state index in [4.69, 9.17) is 4.74 Å². The van der Waals surface area contributed by atoms with E-state index in [1.54, 1.807) is 42.6 Å². The molecular formula is C21H21N3O4S. The number of ether oxygens (including phenoxy) is 1. The van der Waals surface area contributed by atoms with Crippen molar-refractivity contribution in [1.29, 1.82) is 0 Å². The summed E-state index contributed by atoms with van der Waals surface area (Å²) in [6.45, 7) is 1.53. The maximum Gasteiger partial charge on any atom is 0.248 e. The van der Waals surface area contributed by atoms with Crippen LogP contribution in [0.3, 0.4) is 0 Å². The molecule has 0 aliphatic heterocycles. The molecule has 150 valence electrons. The summed E-state index contributed by atoms with van der Waals surface area (Å²) < 4.78 is 31.6. The normalized spacial score (nSPS) is 12.1. The Hall–Kier alpha value is -3.39. The molecule has 3 rings (SSSR count). The van der Waals surface area contributed by atoms with Crippen LogP contribution in [0.4, 0.5) is 11.4 Å². The molecular weight excluding hydrogens is 390 g/mol. The highest BCUT2D eigenvalue weighted by Gasteiger charge is 2.29. The first-order chi connectivity index (χ1) is 13.8. The van der Waals surface area contributed by atoms with Gasteiger partial charge in [-0.1, -0.05) is 18.2 Å². The zero-order valence-electron chi connectivity index (χ0n) is 16.0. The Morgan fingerprint density at radius 3 is 2.24 bits per heavy atom. The zero-order chi connectivity index (χ0) is 20.9. The number of rotatable bonds is 7. The molecule has 0 saturated heterocycles. The standard InChI is InChI=1S/C21H21N3O4S/c1-16(21(25)23-17-7-6-14-22-15-17)24(29(2,26)27)18-10-12-20(13-11-18)28-19-8-4-3-5-9-19/h3-16H,1-2H3,(H,23,25). The third-order valence-electron chi connectivity index (χ3n) is 4.09. The number of aromatic nitrogens is 1. The summed E-state index contributed by atoms with van der Waals surface area (Å²) in [6, 6.07) is 18.2. The van der Waals surface area contributed by atoms with E-state index in [0.717, 1.165) is 10.6 Å². The van der Waals surface area contributed by atoms with Crippen molar-refractivity contribution in [1.82, 2.24) is 4.98 Å². The van der Waals surface area contributed by atoms with Gasteiger partial charge in [-0.25, -0.2) is 8.42 Å². The van der Waals surface area contributed by atoms with Gasteiger partial charge in [0.1, 0.15) is 17.5 Å². The molecule has 8 heteroatoms. The summed E-state index contributed by atoms with van der Waals surface area (Å²) in [6.07, 6.45) is 4.14. The Morgan fingerprint density at radius 2 is 1.66 bits per heavy atom. The second-order valence-corrected chi connectivity index (χ2v) is 8.23. The molecule has 1 heterocycles. The monoisotopic (exact) mass is 411 g/mol. The van der Waals surface area contributed by atoms with Crippen LogP contribution in [0, 0.1) is 0 Å². The van der Waals surface area contributed by atoms with Gasteiger partial charge in [-0.15, -0.1) is 0 Å². The van der Waals surface area contributed by atoms with Gasteiger partial charge in [0.25, 0.3) is 0 Å². The van der Waals surface area contributed by atoms with Crippen molar-refractivity contribution in [2.45, 2.75) is 13.0 Å². The third-order valence-corrected chi connectivity index (χ3v) is 5.33. The number of sulfonamides is 1. The molecule has 0 aliphatic carbocycles. The van der Waals surface area contributed by atoms with E-state index in [9.17, 15) is 13.2 Å². The number of benzene rings is 2. The Labute approximate surface area is 170 Å². The number of hydrogen-bond acceptors (Lipinski definition) is 5. The maximum atomic E-state index is 12.6. The minimum Gasteiger partial charge on any atom is -0.457 e. The number of nitrogens with zero attached hydrogens (tertiary/aromatic N) is 2. The fraction of sp³-hybridized carbons (Fsp3) is 0.143. The second-order valence-electron chi connectivity index (χ2n) is 6.37. The Bertz CT molecular complexity index is 1060. The Kier molecular flexibility index (Phi) is 6.13. The van der Waals surface area contributed by atoms with Crippen molar-refractivity contribution in [2.75, 3.05) is 15.9 Å². The fourth-order valence-corrected chi connectivity index (χ4v) is 3.95. The molecule has 7 nitrogen and oxygen atoms in total. The molecule has 0 fully saturated rings. The lowest BCUT2D eigenvalue weighted by molar-refractivity contribution is -0.116. The van der Waals surface area contributed by atoms with Crippen LogP contribution in [0.1, 0.15) is 6.92 Å². The SMILES string of the molecule is CC(C(=O)Nc1cccnc1)N(c1ccc(Oc2ccccc2)cc1)S(C)(=O)=O. The third kappa shape index (κ3) is 5.32. The minimum absolute atomic E-state index is 0.363. The number of carbonyl (C=O) groups is 1. The average molecular weight is 411 g/mol. The molecule has 29 heavy (non-hydrogen) atoms. The first-order valence-electron chi connectivity index (χ1n) is 8.88. The highest BCUT2D eigenvalue weighted by Crippen LogP contribution is 2.27. The van der Waals surface area contributed by atoms with Crippen LogP contribution < -0.4 is 14.4 Å². The van der Waals surface area contributed by atoms with Crippen LogP contribution >= 0.6 is 0 Å². The highest BCUT2D eigenvalue weighted by atomic mass is 32.2. The molecule has 0 saturated carbocycles. The largest absolute Gasteiger partial charge is 0.457 e. The molecule has 1 amide bonds. The fourth-order valence-electron chi connectivity index (χ4n) is 2.78. The van der Waals surface area contributed by atoms with Gasteiger partial charge in [0, 0.05) is 6.20 Å². The summed E-state index contributed by atoms with van der Waals surface area (Å²) in [7, 11) is -3.71. The summed E-state index contributed by atoms with van der Waals surface area (Å²) in [5.74, 6) is 0.762. The molecule has 1 atom stereocenters. The Morgan fingerprint density at radius 1 is 1.00 bits per heavy atom. The van der Waals surface area contributed by atoms with Gasteiger partial charge in [-0.05, 0) is 55.5 Å². The van der Waals surface area contributed by atoms with Gasteiger partial charge in [-0.2, -0.15) is 0 Å². The van der Waals surface area contributed by atoms with E-state index in [-0.39, 0.29) is 0 Å². The van der Waals surface area contributed by atoms with Crippen molar-refractivity contribution >= 4 is 27.3 Å². The average Bonchev–Trinajstić information content (AvgIpc) is 2.70. The molecule has 2 aromatic carbocycles. The number of amides is 1. The van der Waals surface area contributed by atoms with Crippen molar-refractivity contribution < 1.29 is 17.9 Å². The second kappa shape index (κ2) is 8.74. The molecule has 3 aromatic rings. The number of pyridine rings is 1. The molecule has 1 unspecified atom stereocenters. The van der Waals surface area contributed by atoms with Crippen molar-refractivity contribution in [3.63, 3.8) is 0 Å². The number of carbonyl (C=O) groups excluding carboxylic acids is 1. The van der Waals surface area contributed by atoms with E-state index >= 15 is 0 Å². The lowest BCUT2D eigenvalue weighted by atomic mass is 10.2. The van der Waals surface area contributed by atoms with Gasteiger partial charge in [0.15, 0.2) is 0 Å². The van der Waals surface area contributed by atoms with Crippen LogP contribution in [0.15, 0.2) is 79.1 Å². The van der Waals surface area contributed by atoms with E-state index in [1.165, 1.54) is 13.1 Å². The van der Waals surface area contributed by atoms with Crippen molar-refractivity contribution in [3.05, 3.63) is 79.1 Å². The minimum atomic E-state index is -3.71. The maximum absolute atomic E-state index is 12.6. The smallest absolute Gasteiger partial charge is 0.248 e. The molecule has 0 bridgehead atoms. The summed E-state index contributed by atoms with van der Waals surface area (Å²) in [4.78, 5) is 16.5. The van der Waals surface area contributed by atoms with Crippen LogP contribution in [0.2, 0.25) is 0 Å². The molecule has 0 radical (unpaired) electrons. The molecule has 1 aromatic heterocycles. The quantitative estimate of drug-likeness (QED) is 0.641. The predicted molar refractivity (Wildman–Crippen MR) is 113 cm³/mol. The molecule has 0 aliphatic rings. The van der Waals surface area contributed by atoms with Crippen molar-refractivity contribution in [2.24, 2.45) is 0 Å². The first-order valence-corrected chi connectivity index (χ1v) is 10.7. The summed E-state index contributed by atoms with van der Waals surface area (Å²) in [5, 5.41) is 2.68. The van der Waals surface area contributed by atoms with Gasteiger partial charge in [0.05, 0.1) is 23.8 Å². The Balaban J connectivity index is 1.80. The van der Waals surface area contributed by atoms with Crippen LogP contribution in [0.25, 0.3) is 0 Å². The van der Waals surface area contributed by atoms with Gasteiger partial charge < -0.3 is 10.1 Å². The number of nitrogens with one attached hydrogen (secondary N) is 1. The highest BCUT2D eigenvalue weighted by molar-refractivity contribution is 7.92. The predicted octanol–water partition coefficient (Wildman–Crippen LogP) is 3.67. The zero-order valence-corrected chi connectivity index (χ0v) is 16.8. The lowest BCUT2D eigenvalue weighted by Gasteiger charge is -2.28. The van der Waals surface area contributed by atoms with E-state index in [2.05, 4.69) is 10.3 Å². The topological polar surface area (TPSA) is 88.6 Å². The van der Waals surface area contributed by atoms with Crippen LogP contribution in [-0.4, -0.2) is 31.6 Å². The van der Waals surface area contributed by atoms with Crippen LogP contribution in [0.5, 0.6) is 11.5 Å². The van der Waals surface area contributed by atoms with Gasteiger partial charge in [0.2, 0.25) is 15.9 Å². The number of para-hydroxylation sites is 1. The number of hydrogen-bond donors (Lipinski definition) is 1. The van der Waals surface area contributed by atoms with Crippen LogP contribution in [-0.2, 0) is 14.8 Å². The summed E-state index contributed by atoms with van der Waals surface area (Å²) >= 11 is 0. The van der Waals surface area contributed by atoms with Gasteiger partial charge in [-0.3, -0.25) is 14.1 Å². The first kappa shape index (κ1) is 20.3. The molecule has 1 N–H and O–H groups in total. The van der Waals surface area contributed by atoms with Gasteiger partial charge >= 0.3 is 0 Å². The summed E-state index contributed by atoms with van der Waals surface area (Å²) in [5.41, 5.74) is 0.853. The molecule has 0 spiro atoms. The van der Waals surface area contributed by atoms with E-state index in [1.807, 2.05) is 30.3 Å². The van der Waals surface area contributed by atoms with E-state index in [0.29, 0.717) is 22.9 Å². The van der Waals surface area contributed by atoms with Crippen molar-refractivity contribution in [3.8, 4) is 11.5 Å². The van der Waals surface area contributed by atoms with E-state index < -0.39 is 22.0 Å². The number of anilines is 2.